The Bertz CT molecular complexity index is 575. The van der Waals surface area contributed by atoms with Crippen molar-refractivity contribution in [1.29, 1.82) is 0 Å². The zero-order chi connectivity index (χ0) is 13.9. The van der Waals surface area contributed by atoms with E-state index >= 15 is 0 Å². The Labute approximate surface area is 120 Å². The van der Waals surface area contributed by atoms with Gasteiger partial charge in [0.15, 0.2) is 5.69 Å². The molecule has 7 heteroatoms. The van der Waals surface area contributed by atoms with E-state index in [0.29, 0.717) is 0 Å². The number of H-pyrrole nitrogens is 1. The van der Waals surface area contributed by atoms with Crippen LogP contribution in [0.5, 0.6) is 0 Å². The second-order valence-electron chi connectivity index (χ2n) is 4.69. The molecule has 0 radical (unpaired) electrons. The van der Waals surface area contributed by atoms with Crippen LogP contribution in [0.15, 0.2) is 23.7 Å². The number of aromatic nitrogens is 2. The van der Waals surface area contributed by atoms with Gasteiger partial charge in [-0.1, -0.05) is 0 Å². The number of nitrogens with one attached hydrogen (secondary N) is 2. The minimum absolute atomic E-state index is 0.00481. The van der Waals surface area contributed by atoms with Crippen LogP contribution in [0.1, 0.15) is 27.2 Å². The Hall–Kier alpha value is -1.70. The fraction of sp³-hybridized carbons (Fsp3) is 0.385. The lowest BCUT2D eigenvalue weighted by molar-refractivity contribution is 0.0690. The van der Waals surface area contributed by atoms with E-state index in [2.05, 4.69) is 20.2 Å². The zero-order valence-electron chi connectivity index (χ0n) is 10.9. The molecule has 2 aromatic heterocycles. The Morgan fingerprint density at radius 3 is 2.85 bits per heavy atom. The smallest absolute Gasteiger partial charge is 0.355 e. The predicted octanol–water partition coefficient (Wildman–Crippen LogP) is 1.16. The molecule has 0 amide bonds. The molecule has 1 fully saturated rings. The molecule has 1 aliphatic heterocycles. The van der Waals surface area contributed by atoms with Crippen LogP contribution >= 0.6 is 11.3 Å². The van der Waals surface area contributed by atoms with Crippen LogP contribution in [0.3, 0.4) is 0 Å². The van der Waals surface area contributed by atoms with Crippen LogP contribution in [-0.2, 0) is 0 Å². The number of carboxylic acid groups (broad SMARTS) is 1. The van der Waals surface area contributed by atoms with Gasteiger partial charge in [0.05, 0.1) is 0 Å². The van der Waals surface area contributed by atoms with E-state index in [1.807, 2.05) is 18.3 Å². The number of carboxylic acids is 1. The molecule has 3 heterocycles. The van der Waals surface area contributed by atoms with Gasteiger partial charge >= 0.3 is 5.97 Å². The number of hydrogen-bond acceptors (Lipinski definition) is 5. The molecule has 1 unspecified atom stereocenters. The van der Waals surface area contributed by atoms with Gasteiger partial charge in [-0.3, -0.25) is 4.90 Å². The van der Waals surface area contributed by atoms with Crippen molar-refractivity contribution in [2.45, 2.75) is 6.04 Å². The lowest BCUT2D eigenvalue weighted by atomic mass is 10.1. The van der Waals surface area contributed by atoms with Crippen molar-refractivity contribution < 1.29 is 9.90 Å². The topological polar surface area (TPSA) is 81.2 Å². The summed E-state index contributed by atoms with van der Waals surface area (Å²) in [6.45, 7) is 3.72. The van der Waals surface area contributed by atoms with E-state index in [1.165, 1.54) is 11.3 Å². The van der Waals surface area contributed by atoms with Gasteiger partial charge < -0.3 is 15.4 Å². The average molecular weight is 292 g/mol. The summed E-state index contributed by atoms with van der Waals surface area (Å²) >= 11 is 1.40. The van der Waals surface area contributed by atoms with Crippen molar-refractivity contribution in [1.82, 2.24) is 20.2 Å². The molecule has 1 atom stereocenters. The molecule has 20 heavy (non-hydrogen) atoms. The highest BCUT2D eigenvalue weighted by Crippen LogP contribution is 2.30. The Kier molecular flexibility index (Phi) is 3.81. The summed E-state index contributed by atoms with van der Waals surface area (Å²) in [6.07, 6.45) is 1.89. The van der Waals surface area contributed by atoms with Crippen LogP contribution in [-0.4, -0.2) is 52.1 Å². The second kappa shape index (κ2) is 5.74. The number of rotatable bonds is 4. The molecule has 3 rings (SSSR count). The van der Waals surface area contributed by atoms with Gasteiger partial charge in [0.25, 0.3) is 0 Å². The van der Waals surface area contributed by atoms with Crippen molar-refractivity contribution in [2.75, 3.05) is 26.2 Å². The largest absolute Gasteiger partial charge is 0.476 e. The van der Waals surface area contributed by atoms with Crippen molar-refractivity contribution in [3.8, 4) is 0 Å². The van der Waals surface area contributed by atoms with Gasteiger partial charge in [-0.25, -0.2) is 9.78 Å². The van der Waals surface area contributed by atoms with Crippen molar-refractivity contribution in [3.63, 3.8) is 0 Å². The van der Waals surface area contributed by atoms with E-state index in [1.54, 1.807) is 5.38 Å². The first-order valence-electron chi connectivity index (χ1n) is 6.52. The molecule has 2 aromatic rings. The third-order valence-corrected chi connectivity index (χ3v) is 4.31. The molecule has 0 saturated carbocycles. The van der Waals surface area contributed by atoms with Gasteiger partial charge in [0, 0.05) is 43.4 Å². The monoisotopic (exact) mass is 292 g/mol. The summed E-state index contributed by atoms with van der Waals surface area (Å²) in [5.41, 5.74) is 1.18. The second-order valence-corrected chi connectivity index (χ2v) is 5.58. The highest BCUT2D eigenvalue weighted by atomic mass is 32.1. The molecular formula is C13H16N4O2S. The normalized spacial score (nSPS) is 18.0. The maximum absolute atomic E-state index is 11.0. The highest BCUT2D eigenvalue weighted by Gasteiger charge is 2.27. The standard InChI is InChI=1S/C13H16N4O2S/c18-13(19)10-8-20-12(16-10)11(9-2-1-3-15-9)17-6-4-14-5-7-17/h1-3,8,11,14-15H,4-7H2,(H,18,19). The molecule has 3 N–H and O–H groups in total. The van der Waals surface area contributed by atoms with Gasteiger partial charge in [0.2, 0.25) is 0 Å². The predicted molar refractivity (Wildman–Crippen MR) is 76.2 cm³/mol. The summed E-state index contributed by atoms with van der Waals surface area (Å²) in [7, 11) is 0. The fourth-order valence-electron chi connectivity index (χ4n) is 2.45. The van der Waals surface area contributed by atoms with Gasteiger partial charge in [-0.15, -0.1) is 11.3 Å². The number of thiazole rings is 1. The Balaban J connectivity index is 1.93. The van der Waals surface area contributed by atoms with E-state index in [4.69, 9.17) is 5.11 Å². The molecule has 106 valence electrons. The Morgan fingerprint density at radius 2 is 2.25 bits per heavy atom. The van der Waals surface area contributed by atoms with E-state index in [0.717, 1.165) is 36.9 Å². The molecule has 1 aliphatic rings. The lowest BCUT2D eigenvalue weighted by Gasteiger charge is -2.33. The average Bonchev–Trinajstić information content (AvgIpc) is 3.12. The minimum atomic E-state index is -0.974. The zero-order valence-corrected chi connectivity index (χ0v) is 11.7. The first-order chi connectivity index (χ1) is 9.75. The molecular weight excluding hydrogens is 276 g/mol. The van der Waals surface area contributed by atoms with E-state index in [9.17, 15) is 4.79 Å². The Morgan fingerprint density at radius 1 is 1.45 bits per heavy atom. The van der Waals surface area contributed by atoms with Crippen molar-refractivity contribution >= 4 is 17.3 Å². The molecule has 0 bridgehead atoms. The maximum atomic E-state index is 11.0. The molecule has 6 nitrogen and oxygen atoms in total. The van der Waals surface area contributed by atoms with E-state index < -0.39 is 5.97 Å². The quantitative estimate of drug-likeness (QED) is 0.788. The first-order valence-corrected chi connectivity index (χ1v) is 7.40. The van der Waals surface area contributed by atoms with Crippen molar-refractivity contribution in [3.05, 3.63) is 40.1 Å². The third kappa shape index (κ3) is 2.60. The van der Waals surface area contributed by atoms with E-state index in [-0.39, 0.29) is 11.7 Å². The van der Waals surface area contributed by atoms with Crippen LogP contribution in [0.25, 0.3) is 0 Å². The van der Waals surface area contributed by atoms with Crippen LogP contribution < -0.4 is 5.32 Å². The third-order valence-electron chi connectivity index (χ3n) is 3.41. The summed E-state index contributed by atoms with van der Waals surface area (Å²) in [4.78, 5) is 20.8. The number of carbonyl (C=O) groups is 1. The number of aromatic amines is 1. The summed E-state index contributed by atoms with van der Waals surface area (Å²) in [5.74, 6) is -0.974. The molecule has 0 spiro atoms. The minimum Gasteiger partial charge on any atom is -0.476 e. The summed E-state index contributed by atoms with van der Waals surface area (Å²) in [6, 6.07) is 3.98. The fourth-order valence-corrected chi connectivity index (χ4v) is 3.39. The summed E-state index contributed by atoms with van der Waals surface area (Å²) in [5, 5.41) is 14.8. The SMILES string of the molecule is O=C(O)c1csc(C(c2ccc[nH]2)N2CCNCC2)n1. The van der Waals surface area contributed by atoms with Crippen LogP contribution in [0.4, 0.5) is 0 Å². The van der Waals surface area contributed by atoms with Gasteiger partial charge in [-0.2, -0.15) is 0 Å². The van der Waals surface area contributed by atoms with Crippen LogP contribution in [0, 0.1) is 0 Å². The number of nitrogens with zero attached hydrogens (tertiary/aromatic N) is 2. The molecule has 0 aromatic carbocycles. The lowest BCUT2D eigenvalue weighted by Crippen LogP contribution is -2.45. The first kappa shape index (κ1) is 13.3. The van der Waals surface area contributed by atoms with Crippen molar-refractivity contribution in [2.24, 2.45) is 0 Å². The summed E-state index contributed by atoms with van der Waals surface area (Å²) < 4.78 is 0. The number of hydrogen-bond donors (Lipinski definition) is 3. The molecule has 1 saturated heterocycles. The highest BCUT2D eigenvalue weighted by molar-refractivity contribution is 7.09. The van der Waals surface area contributed by atoms with Gasteiger partial charge in [0.1, 0.15) is 11.0 Å². The van der Waals surface area contributed by atoms with Crippen LogP contribution in [0.2, 0.25) is 0 Å². The maximum Gasteiger partial charge on any atom is 0.355 e. The number of piperazine rings is 1. The number of aromatic carboxylic acids is 1. The van der Waals surface area contributed by atoms with Gasteiger partial charge in [-0.05, 0) is 12.1 Å². The molecule has 0 aliphatic carbocycles.